The lowest BCUT2D eigenvalue weighted by Crippen LogP contribution is -2.53. The Bertz CT molecular complexity index is 1780. The van der Waals surface area contributed by atoms with Crippen LogP contribution in [0.3, 0.4) is 0 Å². The molecular formula is C34H40FN5O4S. The van der Waals surface area contributed by atoms with Gasteiger partial charge in [0.1, 0.15) is 11.9 Å². The van der Waals surface area contributed by atoms with Crippen molar-refractivity contribution in [2.24, 2.45) is 0 Å². The molecule has 4 aromatic rings. The average molecular weight is 634 g/mol. The molecule has 3 amide bonds. The van der Waals surface area contributed by atoms with Crippen LogP contribution in [0.5, 0.6) is 0 Å². The van der Waals surface area contributed by atoms with Crippen LogP contribution in [0.4, 0.5) is 14.9 Å². The summed E-state index contributed by atoms with van der Waals surface area (Å²) < 4.78 is 38.8. The van der Waals surface area contributed by atoms with Crippen molar-refractivity contribution in [3.8, 4) is 0 Å². The number of halogens is 1. The highest BCUT2D eigenvalue weighted by Crippen LogP contribution is 2.31. The molecule has 1 saturated heterocycles. The van der Waals surface area contributed by atoms with Crippen LogP contribution in [-0.4, -0.2) is 74.6 Å². The van der Waals surface area contributed by atoms with Gasteiger partial charge in [-0.1, -0.05) is 43.3 Å². The number of benzene rings is 3. The predicted octanol–water partition coefficient (Wildman–Crippen LogP) is 5.47. The van der Waals surface area contributed by atoms with Gasteiger partial charge in [0.2, 0.25) is 5.91 Å². The van der Waals surface area contributed by atoms with Gasteiger partial charge in [0, 0.05) is 48.9 Å². The number of nitrogens with zero attached hydrogens (tertiary/aromatic N) is 2. The van der Waals surface area contributed by atoms with Gasteiger partial charge in [-0.15, -0.1) is 0 Å². The summed E-state index contributed by atoms with van der Waals surface area (Å²) in [6.45, 7) is 3.39. The van der Waals surface area contributed by atoms with Crippen molar-refractivity contribution in [1.82, 2.24) is 20.1 Å². The summed E-state index contributed by atoms with van der Waals surface area (Å²) in [5, 5.41) is 6.77. The molecule has 3 N–H and O–H groups in total. The first-order valence-corrected chi connectivity index (χ1v) is 17.0. The minimum atomic E-state index is -3.66. The molecule has 0 aliphatic carbocycles. The first-order valence-electron chi connectivity index (χ1n) is 15.1. The minimum Gasteiger partial charge on any atom is -0.361 e. The second kappa shape index (κ2) is 13.4. The predicted molar refractivity (Wildman–Crippen MR) is 175 cm³/mol. The van der Waals surface area contributed by atoms with Crippen LogP contribution in [-0.2, 0) is 21.2 Å². The van der Waals surface area contributed by atoms with E-state index < -0.39 is 27.7 Å². The fraction of sp³-hybridized carbons (Fsp3) is 0.353. The van der Waals surface area contributed by atoms with Crippen molar-refractivity contribution in [2.45, 2.75) is 49.1 Å². The number of urea groups is 1. The number of hydrogen-bond donors (Lipinski definition) is 3. The molecule has 2 atom stereocenters. The highest BCUT2D eigenvalue weighted by molar-refractivity contribution is 7.90. The maximum absolute atomic E-state index is 14.1. The van der Waals surface area contributed by atoms with Crippen LogP contribution in [0.1, 0.15) is 48.3 Å². The Morgan fingerprint density at radius 2 is 1.73 bits per heavy atom. The lowest BCUT2D eigenvalue weighted by molar-refractivity contribution is -0.118. The lowest BCUT2D eigenvalue weighted by Gasteiger charge is -2.34. The van der Waals surface area contributed by atoms with E-state index in [1.807, 2.05) is 56.4 Å². The van der Waals surface area contributed by atoms with Crippen molar-refractivity contribution in [2.75, 3.05) is 38.8 Å². The van der Waals surface area contributed by atoms with Gasteiger partial charge in [-0.3, -0.25) is 4.79 Å². The zero-order valence-electron chi connectivity index (χ0n) is 26.0. The van der Waals surface area contributed by atoms with Gasteiger partial charge in [0.15, 0.2) is 9.84 Å². The molecule has 11 heteroatoms. The topological polar surface area (TPSA) is 115 Å². The molecule has 1 fully saturated rings. The largest absolute Gasteiger partial charge is 0.361 e. The zero-order valence-corrected chi connectivity index (χ0v) is 26.8. The van der Waals surface area contributed by atoms with Crippen LogP contribution < -0.4 is 10.6 Å². The Labute approximate surface area is 263 Å². The second-order valence-electron chi connectivity index (χ2n) is 12.1. The van der Waals surface area contributed by atoms with Crippen LogP contribution in [0, 0.1) is 5.82 Å². The number of para-hydroxylation sites is 1. The number of aromatic amines is 1. The van der Waals surface area contributed by atoms with E-state index in [-0.39, 0.29) is 28.3 Å². The molecule has 5 rings (SSSR count). The molecule has 0 unspecified atom stereocenters. The summed E-state index contributed by atoms with van der Waals surface area (Å²) in [5.41, 5.74) is 3.80. The van der Waals surface area contributed by atoms with E-state index in [4.69, 9.17) is 0 Å². The SMILES string of the molecule is C[C@H](c1c[nH]c2ccccc12)[C@@H](NC(=O)N1CCC(c2ccc(F)cc2)CC1)C(=O)Nc1cc(CN(C)C)ccc1S(C)(=O)=O. The van der Waals surface area contributed by atoms with Crippen LogP contribution in [0.15, 0.2) is 77.8 Å². The van der Waals surface area contributed by atoms with E-state index in [1.165, 1.54) is 18.2 Å². The summed E-state index contributed by atoms with van der Waals surface area (Å²) in [6.07, 6.45) is 4.37. The standard InChI is InChI=1S/C34H40FN5O4S/c1-22(28-20-36-29-8-6-5-7-27(28)29)32(33(41)37-30-19-23(21-39(2)3)9-14-31(30)45(4,43)44)38-34(42)40-17-15-25(16-18-40)24-10-12-26(35)13-11-24/h5-14,19-20,22,25,32,36H,15-18,21H2,1-4H3,(H,37,41)(H,38,42)/t22-,32-/m1/s1. The quantitative estimate of drug-likeness (QED) is 0.226. The number of amides is 3. The summed E-state index contributed by atoms with van der Waals surface area (Å²) >= 11 is 0. The van der Waals surface area contributed by atoms with E-state index >= 15 is 0 Å². The van der Waals surface area contributed by atoms with Crippen molar-refractivity contribution in [3.63, 3.8) is 0 Å². The Kier molecular flexibility index (Phi) is 9.59. The van der Waals surface area contributed by atoms with Crippen molar-refractivity contribution < 1.29 is 22.4 Å². The van der Waals surface area contributed by atoms with Crippen molar-refractivity contribution >= 4 is 38.4 Å². The third kappa shape index (κ3) is 7.54. The van der Waals surface area contributed by atoms with Gasteiger partial charge >= 0.3 is 6.03 Å². The maximum atomic E-state index is 14.1. The summed E-state index contributed by atoms with van der Waals surface area (Å²) in [7, 11) is 0.142. The first kappa shape index (κ1) is 32.2. The molecule has 9 nitrogen and oxygen atoms in total. The molecule has 3 aromatic carbocycles. The molecule has 0 bridgehead atoms. The minimum absolute atomic E-state index is 0.00560. The molecule has 1 aliphatic rings. The number of hydrogen-bond acceptors (Lipinski definition) is 5. The number of carbonyl (C=O) groups excluding carboxylic acids is 2. The number of sulfone groups is 1. The number of piperidine rings is 1. The molecule has 1 aromatic heterocycles. The normalized spacial score (nSPS) is 15.6. The number of likely N-dealkylation sites (tertiary alicyclic amines) is 1. The Morgan fingerprint density at radius 1 is 1.04 bits per heavy atom. The Hall–Kier alpha value is -4.22. The molecule has 45 heavy (non-hydrogen) atoms. The van der Waals surface area contributed by atoms with Crippen molar-refractivity contribution in [3.05, 3.63) is 95.4 Å². The fourth-order valence-electron chi connectivity index (χ4n) is 6.12. The smallest absolute Gasteiger partial charge is 0.318 e. The molecule has 238 valence electrons. The number of carbonyl (C=O) groups is 2. The number of H-pyrrole nitrogens is 1. The number of rotatable bonds is 9. The molecule has 2 heterocycles. The fourth-order valence-corrected chi connectivity index (χ4v) is 6.94. The summed E-state index contributed by atoms with van der Waals surface area (Å²) in [6, 6.07) is 17.7. The van der Waals surface area contributed by atoms with Crippen LogP contribution >= 0.6 is 0 Å². The van der Waals surface area contributed by atoms with Gasteiger partial charge in [0.05, 0.1) is 10.6 Å². The van der Waals surface area contributed by atoms with Gasteiger partial charge < -0.3 is 25.4 Å². The molecule has 0 spiro atoms. The van der Waals surface area contributed by atoms with Crippen LogP contribution in [0.2, 0.25) is 0 Å². The lowest BCUT2D eigenvalue weighted by atomic mass is 9.89. The van der Waals surface area contributed by atoms with E-state index in [9.17, 15) is 22.4 Å². The summed E-state index contributed by atoms with van der Waals surface area (Å²) in [4.78, 5) is 34.7. The van der Waals surface area contributed by atoms with Gasteiger partial charge in [-0.05, 0) is 79.9 Å². The third-order valence-corrected chi connectivity index (χ3v) is 9.65. The second-order valence-corrected chi connectivity index (χ2v) is 14.1. The summed E-state index contributed by atoms with van der Waals surface area (Å²) in [5.74, 6) is -1.05. The highest BCUT2D eigenvalue weighted by atomic mass is 32.2. The third-order valence-electron chi connectivity index (χ3n) is 8.50. The molecule has 0 saturated carbocycles. The monoisotopic (exact) mass is 633 g/mol. The number of fused-ring (bicyclic) bond motifs is 1. The number of nitrogens with one attached hydrogen (secondary N) is 3. The average Bonchev–Trinajstić information content (AvgIpc) is 3.43. The first-order chi connectivity index (χ1) is 21.4. The van der Waals surface area contributed by atoms with E-state index in [1.54, 1.807) is 29.2 Å². The maximum Gasteiger partial charge on any atom is 0.318 e. The van der Waals surface area contributed by atoms with Gasteiger partial charge in [0.25, 0.3) is 0 Å². The van der Waals surface area contributed by atoms with Gasteiger partial charge in [-0.25, -0.2) is 17.6 Å². The Morgan fingerprint density at radius 3 is 2.40 bits per heavy atom. The Balaban J connectivity index is 1.41. The highest BCUT2D eigenvalue weighted by Gasteiger charge is 2.33. The number of anilines is 1. The molecule has 1 aliphatic heterocycles. The molecular weight excluding hydrogens is 593 g/mol. The van der Waals surface area contributed by atoms with E-state index in [2.05, 4.69) is 15.6 Å². The zero-order chi connectivity index (χ0) is 32.3. The number of aromatic nitrogens is 1. The van der Waals surface area contributed by atoms with Crippen molar-refractivity contribution in [1.29, 1.82) is 0 Å². The van der Waals surface area contributed by atoms with E-state index in [0.717, 1.165) is 33.8 Å². The van der Waals surface area contributed by atoms with Crippen LogP contribution in [0.25, 0.3) is 10.9 Å². The van der Waals surface area contributed by atoms with Gasteiger partial charge in [-0.2, -0.15) is 0 Å². The molecule has 0 radical (unpaired) electrons. The van der Waals surface area contributed by atoms with E-state index in [0.29, 0.717) is 32.5 Å².